The van der Waals surface area contributed by atoms with Crippen LogP contribution in [0.5, 0.6) is 0 Å². The molecule has 3 heteroatoms. The van der Waals surface area contributed by atoms with Crippen molar-refractivity contribution in [3.63, 3.8) is 0 Å². The Kier molecular flexibility index (Phi) is 4.31. The Bertz CT molecular complexity index is 471. The van der Waals surface area contributed by atoms with E-state index in [-0.39, 0.29) is 5.92 Å². The number of hydrogen-bond donors (Lipinski definition) is 1. The van der Waals surface area contributed by atoms with Crippen LogP contribution in [0.25, 0.3) is 0 Å². The monoisotopic (exact) mass is 242 g/mol. The first-order valence-corrected chi connectivity index (χ1v) is 6.51. The Hall–Kier alpha value is -1.63. The van der Waals surface area contributed by atoms with Crippen molar-refractivity contribution in [2.24, 2.45) is 0 Å². The van der Waals surface area contributed by atoms with Crippen LogP contribution in [-0.2, 0) is 6.54 Å². The number of benzene rings is 1. The van der Waals surface area contributed by atoms with E-state index in [0.717, 1.165) is 12.1 Å². The van der Waals surface area contributed by atoms with E-state index in [9.17, 15) is 0 Å². The molecule has 0 spiro atoms. The zero-order chi connectivity index (χ0) is 11.9. The molecular weight excluding hydrogens is 228 g/mol. The van der Waals surface area contributed by atoms with Gasteiger partial charge >= 0.3 is 0 Å². The molecule has 1 N–H and O–H groups in total. The summed E-state index contributed by atoms with van der Waals surface area (Å²) in [5.41, 5.74) is 2.35. The molecule has 86 valence electrons. The SMILES string of the molecule is N#CC(CNCc1ccsc1)c1ccccc1. The van der Waals surface area contributed by atoms with Crippen LogP contribution in [0.2, 0.25) is 0 Å². The van der Waals surface area contributed by atoms with Gasteiger partial charge < -0.3 is 5.32 Å². The van der Waals surface area contributed by atoms with Crippen molar-refractivity contribution in [1.82, 2.24) is 5.32 Å². The van der Waals surface area contributed by atoms with E-state index in [2.05, 4.69) is 28.2 Å². The van der Waals surface area contributed by atoms with Crippen molar-refractivity contribution in [3.8, 4) is 6.07 Å². The average molecular weight is 242 g/mol. The molecule has 0 saturated carbocycles. The van der Waals surface area contributed by atoms with E-state index >= 15 is 0 Å². The lowest BCUT2D eigenvalue weighted by Crippen LogP contribution is -2.20. The van der Waals surface area contributed by atoms with E-state index < -0.39 is 0 Å². The first kappa shape index (κ1) is 11.8. The fraction of sp³-hybridized carbons (Fsp3) is 0.214. The van der Waals surface area contributed by atoms with Gasteiger partial charge in [-0.25, -0.2) is 0 Å². The van der Waals surface area contributed by atoms with Gasteiger partial charge in [0.15, 0.2) is 0 Å². The lowest BCUT2D eigenvalue weighted by atomic mass is 10.0. The van der Waals surface area contributed by atoms with E-state index in [1.807, 2.05) is 30.3 Å². The second-order valence-corrected chi connectivity index (χ2v) is 4.63. The Labute approximate surface area is 106 Å². The number of hydrogen-bond acceptors (Lipinski definition) is 3. The van der Waals surface area contributed by atoms with Crippen LogP contribution >= 0.6 is 11.3 Å². The third-order valence-corrected chi connectivity index (χ3v) is 3.35. The molecule has 1 aromatic carbocycles. The molecule has 0 saturated heterocycles. The Balaban J connectivity index is 1.87. The van der Waals surface area contributed by atoms with E-state index in [4.69, 9.17) is 5.26 Å². The lowest BCUT2D eigenvalue weighted by Gasteiger charge is -2.10. The molecule has 0 aliphatic heterocycles. The van der Waals surface area contributed by atoms with Crippen LogP contribution in [0.4, 0.5) is 0 Å². The molecule has 2 rings (SSSR count). The molecule has 1 unspecified atom stereocenters. The van der Waals surface area contributed by atoms with Crippen molar-refractivity contribution < 1.29 is 0 Å². The molecule has 0 radical (unpaired) electrons. The summed E-state index contributed by atoms with van der Waals surface area (Å²) in [7, 11) is 0. The Morgan fingerprint density at radius 2 is 2.06 bits per heavy atom. The molecule has 1 heterocycles. The average Bonchev–Trinajstić information content (AvgIpc) is 2.89. The number of thiophene rings is 1. The molecule has 0 aliphatic rings. The van der Waals surface area contributed by atoms with Crippen LogP contribution in [0.15, 0.2) is 47.2 Å². The summed E-state index contributed by atoms with van der Waals surface area (Å²) in [5, 5.41) is 16.7. The molecule has 0 amide bonds. The minimum atomic E-state index is -0.0742. The molecule has 2 aromatic rings. The Morgan fingerprint density at radius 3 is 2.71 bits per heavy atom. The van der Waals surface area contributed by atoms with Gasteiger partial charge in [-0.3, -0.25) is 0 Å². The van der Waals surface area contributed by atoms with Gasteiger partial charge in [0.25, 0.3) is 0 Å². The first-order chi connectivity index (χ1) is 8.40. The topological polar surface area (TPSA) is 35.8 Å². The van der Waals surface area contributed by atoms with Gasteiger partial charge in [-0.2, -0.15) is 16.6 Å². The quantitative estimate of drug-likeness (QED) is 0.874. The zero-order valence-corrected chi connectivity index (χ0v) is 10.3. The standard InChI is InChI=1S/C14H14N2S/c15-8-14(13-4-2-1-3-5-13)10-16-9-12-6-7-17-11-12/h1-7,11,14,16H,9-10H2. The molecule has 1 atom stereocenters. The maximum atomic E-state index is 9.15. The second kappa shape index (κ2) is 6.19. The predicted octanol–water partition coefficient (Wildman–Crippen LogP) is 3.15. The van der Waals surface area contributed by atoms with Gasteiger partial charge in [-0.05, 0) is 28.0 Å². The highest BCUT2D eigenvalue weighted by molar-refractivity contribution is 7.07. The largest absolute Gasteiger partial charge is 0.311 e. The molecule has 0 aliphatic carbocycles. The highest BCUT2D eigenvalue weighted by atomic mass is 32.1. The third-order valence-electron chi connectivity index (χ3n) is 2.62. The minimum Gasteiger partial charge on any atom is -0.311 e. The van der Waals surface area contributed by atoms with Gasteiger partial charge in [0.05, 0.1) is 12.0 Å². The summed E-state index contributed by atoms with van der Waals surface area (Å²) in [5.74, 6) is -0.0742. The lowest BCUT2D eigenvalue weighted by molar-refractivity contribution is 0.653. The maximum Gasteiger partial charge on any atom is 0.0837 e. The zero-order valence-electron chi connectivity index (χ0n) is 9.47. The number of rotatable bonds is 5. The molecule has 2 nitrogen and oxygen atoms in total. The molecular formula is C14H14N2S. The van der Waals surface area contributed by atoms with Crippen molar-refractivity contribution in [2.45, 2.75) is 12.5 Å². The smallest absolute Gasteiger partial charge is 0.0837 e. The third kappa shape index (κ3) is 3.42. The summed E-state index contributed by atoms with van der Waals surface area (Å²) in [6, 6.07) is 14.3. The predicted molar refractivity (Wildman–Crippen MR) is 70.8 cm³/mol. The highest BCUT2D eigenvalue weighted by Gasteiger charge is 2.08. The second-order valence-electron chi connectivity index (χ2n) is 3.85. The van der Waals surface area contributed by atoms with Gasteiger partial charge in [0.2, 0.25) is 0 Å². The number of nitriles is 1. The summed E-state index contributed by atoms with van der Waals surface area (Å²) < 4.78 is 0. The van der Waals surface area contributed by atoms with Crippen molar-refractivity contribution in [2.75, 3.05) is 6.54 Å². The van der Waals surface area contributed by atoms with Crippen LogP contribution in [0.3, 0.4) is 0 Å². The van der Waals surface area contributed by atoms with E-state index in [1.165, 1.54) is 5.56 Å². The minimum absolute atomic E-state index is 0.0742. The molecule has 0 fully saturated rings. The van der Waals surface area contributed by atoms with Gasteiger partial charge in [-0.15, -0.1) is 0 Å². The number of nitrogens with one attached hydrogen (secondary N) is 1. The summed E-state index contributed by atoms with van der Waals surface area (Å²) in [6.07, 6.45) is 0. The van der Waals surface area contributed by atoms with Crippen molar-refractivity contribution in [1.29, 1.82) is 5.26 Å². The summed E-state index contributed by atoms with van der Waals surface area (Å²) in [4.78, 5) is 0. The normalized spacial score (nSPS) is 11.9. The first-order valence-electron chi connectivity index (χ1n) is 5.56. The van der Waals surface area contributed by atoms with Crippen LogP contribution in [-0.4, -0.2) is 6.54 Å². The Morgan fingerprint density at radius 1 is 1.24 bits per heavy atom. The van der Waals surface area contributed by atoms with E-state index in [1.54, 1.807) is 11.3 Å². The van der Waals surface area contributed by atoms with Gasteiger partial charge in [-0.1, -0.05) is 30.3 Å². The fourth-order valence-electron chi connectivity index (χ4n) is 1.68. The van der Waals surface area contributed by atoms with Crippen LogP contribution in [0, 0.1) is 11.3 Å². The number of nitrogens with zero attached hydrogens (tertiary/aromatic N) is 1. The maximum absolute atomic E-state index is 9.15. The molecule has 0 bridgehead atoms. The molecule has 1 aromatic heterocycles. The van der Waals surface area contributed by atoms with Gasteiger partial charge in [0, 0.05) is 13.1 Å². The summed E-state index contributed by atoms with van der Waals surface area (Å²) >= 11 is 1.70. The highest BCUT2D eigenvalue weighted by Crippen LogP contribution is 2.13. The van der Waals surface area contributed by atoms with Gasteiger partial charge in [0.1, 0.15) is 0 Å². The van der Waals surface area contributed by atoms with Crippen molar-refractivity contribution in [3.05, 3.63) is 58.3 Å². The molecule has 17 heavy (non-hydrogen) atoms. The summed E-state index contributed by atoms with van der Waals surface area (Å²) in [6.45, 7) is 1.52. The van der Waals surface area contributed by atoms with E-state index in [0.29, 0.717) is 6.54 Å². The fourth-order valence-corrected chi connectivity index (χ4v) is 2.35. The van der Waals surface area contributed by atoms with Crippen LogP contribution < -0.4 is 5.32 Å². The van der Waals surface area contributed by atoms with Crippen molar-refractivity contribution >= 4 is 11.3 Å². The van der Waals surface area contributed by atoms with Crippen LogP contribution in [0.1, 0.15) is 17.0 Å².